The number of likely N-dealkylation sites (tertiary alicyclic amines) is 1. The van der Waals surface area contributed by atoms with Crippen molar-refractivity contribution in [2.24, 2.45) is 0 Å². The molecule has 0 spiro atoms. The van der Waals surface area contributed by atoms with Crippen molar-refractivity contribution in [1.29, 1.82) is 0 Å². The van der Waals surface area contributed by atoms with Gasteiger partial charge in [0.15, 0.2) is 6.04 Å². The van der Waals surface area contributed by atoms with Gasteiger partial charge in [0.2, 0.25) is 11.5 Å². The highest BCUT2D eigenvalue weighted by atomic mass is 16.7. The van der Waals surface area contributed by atoms with Crippen molar-refractivity contribution in [3.05, 3.63) is 33.9 Å². The molecular formula is C15H19N3O5. The SMILES string of the molecule is CC1(C)Oc2cc(N)ccc2C(N2CCCC2=O)C1(O)[N+](=O)[O-]. The number of hydrogen-bond acceptors (Lipinski definition) is 6. The third-order valence-corrected chi connectivity index (χ3v) is 4.66. The summed E-state index contributed by atoms with van der Waals surface area (Å²) in [7, 11) is 0. The highest BCUT2D eigenvalue weighted by Crippen LogP contribution is 2.50. The summed E-state index contributed by atoms with van der Waals surface area (Å²) in [6, 6.07) is 3.59. The summed E-state index contributed by atoms with van der Waals surface area (Å²) in [6.07, 6.45) is 0.921. The van der Waals surface area contributed by atoms with E-state index in [4.69, 9.17) is 10.5 Å². The van der Waals surface area contributed by atoms with Gasteiger partial charge in [-0.25, -0.2) is 0 Å². The number of nitrogen functional groups attached to an aromatic ring is 1. The molecule has 2 heterocycles. The number of carbonyl (C=O) groups excluding carboxylic acids is 1. The lowest BCUT2D eigenvalue weighted by molar-refractivity contribution is -0.658. The van der Waals surface area contributed by atoms with Crippen LogP contribution < -0.4 is 10.5 Å². The number of anilines is 1. The van der Waals surface area contributed by atoms with Crippen LogP contribution in [0.1, 0.15) is 38.3 Å². The number of aliphatic hydroxyl groups is 1. The maximum absolute atomic E-state index is 12.2. The zero-order valence-corrected chi connectivity index (χ0v) is 13.0. The molecule has 1 saturated heterocycles. The lowest BCUT2D eigenvalue weighted by Gasteiger charge is -2.47. The molecule has 0 radical (unpaired) electrons. The van der Waals surface area contributed by atoms with E-state index in [-0.39, 0.29) is 5.91 Å². The predicted molar refractivity (Wildman–Crippen MR) is 81.2 cm³/mol. The normalized spacial score (nSPS) is 29.1. The predicted octanol–water partition coefficient (Wildman–Crippen LogP) is 1.07. The van der Waals surface area contributed by atoms with Gasteiger partial charge in [0.05, 0.1) is 4.92 Å². The Bertz CT molecular complexity index is 690. The Morgan fingerprint density at radius 2 is 2.17 bits per heavy atom. The maximum atomic E-state index is 12.2. The van der Waals surface area contributed by atoms with Crippen molar-refractivity contribution in [3.8, 4) is 5.75 Å². The van der Waals surface area contributed by atoms with E-state index in [1.807, 2.05) is 0 Å². The van der Waals surface area contributed by atoms with Crippen LogP contribution in [0.2, 0.25) is 0 Å². The maximum Gasteiger partial charge on any atom is 0.385 e. The molecular weight excluding hydrogens is 302 g/mol. The topological polar surface area (TPSA) is 119 Å². The van der Waals surface area contributed by atoms with Crippen LogP contribution in [-0.4, -0.2) is 38.7 Å². The third-order valence-electron chi connectivity index (χ3n) is 4.66. The van der Waals surface area contributed by atoms with Crippen LogP contribution in [0.25, 0.3) is 0 Å². The van der Waals surface area contributed by atoms with Crippen molar-refractivity contribution in [1.82, 2.24) is 4.90 Å². The number of carbonyl (C=O) groups is 1. The van der Waals surface area contributed by atoms with Crippen LogP contribution in [0.3, 0.4) is 0 Å². The van der Waals surface area contributed by atoms with Gasteiger partial charge in [-0.3, -0.25) is 14.9 Å². The van der Waals surface area contributed by atoms with Crippen molar-refractivity contribution in [3.63, 3.8) is 0 Å². The van der Waals surface area contributed by atoms with Crippen LogP contribution in [0.4, 0.5) is 5.69 Å². The largest absolute Gasteiger partial charge is 0.477 e. The molecule has 2 unspecified atom stereocenters. The van der Waals surface area contributed by atoms with Gasteiger partial charge >= 0.3 is 5.72 Å². The van der Waals surface area contributed by atoms with E-state index >= 15 is 0 Å². The molecule has 8 heteroatoms. The first-order chi connectivity index (χ1) is 10.7. The van der Waals surface area contributed by atoms with E-state index in [1.165, 1.54) is 18.7 Å². The lowest BCUT2D eigenvalue weighted by atomic mass is 9.80. The molecule has 3 rings (SSSR count). The van der Waals surface area contributed by atoms with Gasteiger partial charge in [-0.2, -0.15) is 0 Å². The number of amides is 1. The van der Waals surface area contributed by atoms with Gasteiger partial charge in [0.1, 0.15) is 5.75 Å². The molecule has 3 N–H and O–H groups in total. The molecule has 0 bridgehead atoms. The fourth-order valence-electron chi connectivity index (χ4n) is 3.41. The molecule has 1 aromatic rings. The van der Waals surface area contributed by atoms with Crippen LogP contribution in [-0.2, 0) is 4.79 Å². The Kier molecular flexibility index (Phi) is 3.26. The second-order valence-electron chi connectivity index (χ2n) is 6.49. The Labute approximate surface area is 133 Å². The summed E-state index contributed by atoms with van der Waals surface area (Å²) in [5, 5.41) is 22.7. The summed E-state index contributed by atoms with van der Waals surface area (Å²) in [4.78, 5) is 24.6. The number of hydrogen-bond donors (Lipinski definition) is 2. The van der Waals surface area contributed by atoms with Gasteiger partial charge in [-0.05, 0) is 26.3 Å². The monoisotopic (exact) mass is 321 g/mol. The van der Waals surface area contributed by atoms with E-state index in [2.05, 4.69) is 0 Å². The summed E-state index contributed by atoms with van der Waals surface area (Å²) >= 11 is 0. The highest BCUT2D eigenvalue weighted by Gasteiger charge is 2.68. The van der Waals surface area contributed by atoms with Crippen LogP contribution in [0.15, 0.2) is 18.2 Å². The fourth-order valence-corrected chi connectivity index (χ4v) is 3.41. The van der Waals surface area contributed by atoms with Gasteiger partial charge in [0, 0.05) is 30.3 Å². The minimum Gasteiger partial charge on any atom is -0.477 e. The van der Waals surface area contributed by atoms with Gasteiger partial charge < -0.3 is 20.5 Å². The Morgan fingerprint density at radius 1 is 1.48 bits per heavy atom. The molecule has 0 aliphatic carbocycles. The highest BCUT2D eigenvalue weighted by molar-refractivity contribution is 5.79. The van der Waals surface area contributed by atoms with E-state index in [1.54, 1.807) is 18.2 Å². The van der Waals surface area contributed by atoms with E-state index in [0.717, 1.165) is 0 Å². The minimum atomic E-state index is -2.46. The number of ether oxygens (including phenoxy) is 1. The van der Waals surface area contributed by atoms with Crippen molar-refractivity contribution >= 4 is 11.6 Å². The van der Waals surface area contributed by atoms with Crippen molar-refractivity contribution in [2.45, 2.75) is 44.1 Å². The number of rotatable bonds is 2. The van der Waals surface area contributed by atoms with Gasteiger partial charge in [-0.1, -0.05) is 6.07 Å². The molecule has 1 amide bonds. The average Bonchev–Trinajstić information content (AvgIpc) is 2.85. The Balaban J connectivity index is 2.25. The quantitative estimate of drug-likeness (QED) is 0.364. The summed E-state index contributed by atoms with van der Waals surface area (Å²) in [5.41, 5.74) is 2.61. The van der Waals surface area contributed by atoms with Crippen molar-refractivity contribution < 1.29 is 19.6 Å². The Morgan fingerprint density at radius 3 is 2.74 bits per heavy atom. The fraction of sp³-hybridized carbons (Fsp3) is 0.533. The number of benzene rings is 1. The molecule has 2 aliphatic rings. The van der Waals surface area contributed by atoms with Gasteiger partial charge in [-0.15, -0.1) is 0 Å². The van der Waals surface area contributed by atoms with E-state index in [0.29, 0.717) is 36.4 Å². The standard InChI is InChI=1S/C15H19N3O5/c1-14(2)15(20,18(21)22)13(17-7-3-4-12(17)19)10-6-5-9(16)8-11(10)23-14/h5-6,8,13,20H,3-4,7,16H2,1-2H3. The number of nitrogens with zero attached hydrogens (tertiary/aromatic N) is 2. The Hall–Kier alpha value is -2.35. The first kappa shape index (κ1) is 15.5. The molecule has 8 nitrogen and oxygen atoms in total. The van der Waals surface area contributed by atoms with Gasteiger partial charge in [0.25, 0.3) is 0 Å². The average molecular weight is 321 g/mol. The molecule has 2 atom stereocenters. The molecule has 1 aromatic carbocycles. The molecule has 1 fully saturated rings. The first-order valence-corrected chi connectivity index (χ1v) is 7.43. The summed E-state index contributed by atoms with van der Waals surface area (Å²) in [6.45, 7) is 3.24. The van der Waals surface area contributed by atoms with Crippen molar-refractivity contribution in [2.75, 3.05) is 12.3 Å². The van der Waals surface area contributed by atoms with Crippen LogP contribution in [0, 0.1) is 10.1 Å². The molecule has 0 saturated carbocycles. The zero-order valence-electron chi connectivity index (χ0n) is 13.0. The van der Waals surface area contributed by atoms with E-state index in [9.17, 15) is 20.0 Å². The summed E-state index contributed by atoms with van der Waals surface area (Å²) < 4.78 is 5.69. The second-order valence-corrected chi connectivity index (χ2v) is 6.49. The number of nitro groups is 1. The summed E-state index contributed by atoms with van der Waals surface area (Å²) in [5.74, 6) is 0.141. The molecule has 23 heavy (non-hydrogen) atoms. The zero-order chi connectivity index (χ0) is 17.0. The first-order valence-electron chi connectivity index (χ1n) is 7.43. The molecule has 124 valence electrons. The van der Waals surface area contributed by atoms with E-state index < -0.39 is 22.3 Å². The third kappa shape index (κ3) is 2.05. The molecule has 0 aromatic heterocycles. The minimum absolute atomic E-state index is 0.212. The smallest absolute Gasteiger partial charge is 0.385 e. The molecule has 2 aliphatic heterocycles. The second kappa shape index (κ2) is 4.82. The van der Waals surface area contributed by atoms with Crippen LogP contribution in [0.5, 0.6) is 5.75 Å². The number of nitrogens with two attached hydrogens (primary N) is 1. The number of fused-ring (bicyclic) bond motifs is 1. The lowest BCUT2D eigenvalue weighted by Crippen LogP contribution is -2.67. The van der Waals surface area contributed by atoms with Crippen LogP contribution >= 0.6 is 0 Å².